The Hall–Kier alpha value is -8.34. The monoisotopic (exact) mass is 1120 g/mol. The highest BCUT2D eigenvalue weighted by Gasteiger charge is 2.34. The number of nitrogens with two attached hydrogens (primary N) is 5. The van der Waals surface area contributed by atoms with Crippen molar-refractivity contribution in [3.05, 3.63) is 96.1 Å². The number of rotatable bonds is 16. The first-order chi connectivity index (χ1) is 38.6. The van der Waals surface area contributed by atoms with Crippen LogP contribution in [0.3, 0.4) is 0 Å². The number of hydrogen-bond donors (Lipinski definition) is 13. The number of amides is 8. The molecule has 4 aromatic rings. The zero-order valence-corrected chi connectivity index (χ0v) is 46.9. The maximum absolute atomic E-state index is 14.9. The van der Waals surface area contributed by atoms with Gasteiger partial charge in [-0.05, 0) is 95.9 Å². The summed E-state index contributed by atoms with van der Waals surface area (Å²) < 4.78 is 0. The first kappa shape index (κ1) is 63.5. The first-order valence-corrected chi connectivity index (χ1v) is 27.8. The second kappa shape index (κ2) is 32.0. The Balaban J connectivity index is 1.55. The van der Waals surface area contributed by atoms with Gasteiger partial charge in [-0.25, -0.2) is 0 Å². The number of aliphatic imine (C=N–C) groups is 2. The van der Waals surface area contributed by atoms with Crippen LogP contribution in [0.15, 0.2) is 94.9 Å². The van der Waals surface area contributed by atoms with E-state index < -0.39 is 89.6 Å². The molecule has 8 amide bonds. The van der Waals surface area contributed by atoms with E-state index in [1.165, 1.54) is 0 Å². The van der Waals surface area contributed by atoms with E-state index in [0.29, 0.717) is 5.56 Å². The van der Waals surface area contributed by atoms with E-state index in [-0.39, 0.29) is 121 Å². The Morgan fingerprint density at radius 1 is 0.481 bits per heavy atom. The summed E-state index contributed by atoms with van der Waals surface area (Å²) in [6.07, 6.45) is 0.873. The normalized spacial score (nSPS) is 21.9. The molecule has 4 aromatic carbocycles. The zero-order valence-electron chi connectivity index (χ0n) is 46.9. The zero-order chi connectivity index (χ0) is 59.0. The van der Waals surface area contributed by atoms with Crippen molar-refractivity contribution in [2.24, 2.45) is 50.5 Å². The van der Waals surface area contributed by atoms with Crippen molar-refractivity contribution < 1.29 is 38.4 Å². The third kappa shape index (κ3) is 21.7. The molecule has 0 aromatic heterocycles. The minimum Gasteiger partial charge on any atom is -0.370 e. The molecule has 23 nitrogen and oxygen atoms in total. The van der Waals surface area contributed by atoms with Crippen LogP contribution in [-0.2, 0) is 51.2 Å². The summed E-state index contributed by atoms with van der Waals surface area (Å²) in [5.41, 5.74) is 30.1. The number of fused-ring (bicyclic) bond motifs is 2. The third-order valence-electron chi connectivity index (χ3n) is 13.6. The number of hydrogen-bond acceptors (Lipinski definition) is 11. The largest absolute Gasteiger partial charge is 0.370 e. The quantitative estimate of drug-likeness (QED) is 0.0417. The van der Waals surface area contributed by atoms with Crippen LogP contribution < -0.4 is 71.2 Å². The van der Waals surface area contributed by atoms with Crippen LogP contribution in [0.2, 0.25) is 0 Å². The topological polar surface area (TPSA) is 388 Å². The smallest absolute Gasteiger partial charge is 0.243 e. The lowest BCUT2D eigenvalue weighted by Crippen LogP contribution is -2.60. The van der Waals surface area contributed by atoms with Crippen molar-refractivity contribution in [2.45, 2.75) is 141 Å². The molecule has 7 atom stereocenters. The molecule has 81 heavy (non-hydrogen) atoms. The molecule has 1 saturated heterocycles. The van der Waals surface area contributed by atoms with Gasteiger partial charge in [-0.3, -0.25) is 48.3 Å². The minimum absolute atomic E-state index is 0.00359. The van der Waals surface area contributed by atoms with Crippen LogP contribution in [-0.4, -0.2) is 128 Å². The maximum atomic E-state index is 14.9. The summed E-state index contributed by atoms with van der Waals surface area (Å²) in [6.45, 7) is 7.68. The van der Waals surface area contributed by atoms with Crippen LogP contribution >= 0.6 is 0 Å². The Morgan fingerprint density at radius 3 is 1.35 bits per heavy atom. The molecular formula is C58H83N15O8. The van der Waals surface area contributed by atoms with Crippen molar-refractivity contribution in [3.63, 3.8) is 0 Å². The van der Waals surface area contributed by atoms with Gasteiger partial charge in [-0.1, -0.05) is 113 Å². The second-order valence-corrected chi connectivity index (χ2v) is 21.4. The van der Waals surface area contributed by atoms with E-state index in [2.05, 4.69) is 52.5 Å². The molecule has 0 bridgehead atoms. The predicted molar refractivity (Wildman–Crippen MR) is 313 cm³/mol. The van der Waals surface area contributed by atoms with Crippen molar-refractivity contribution in [1.82, 2.24) is 42.5 Å². The predicted octanol–water partition coefficient (Wildman–Crippen LogP) is 0.630. The number of carbonyl (C=O) groups is 8. The van der Waals surface area contributed by atoms with Crippen molar-refractivity contribution in [3.8, 4) is 0 Å². The number of carbonyl (C=O) groups excluding carboxylic acids is 8. The SMILES string of the molecule is CC(C)C[C@@H]1NC(=O)CCCNC(=O)C(N)CCNC(=O)[C@H](Cc2ccc3ccccc3c2)NC(=O)[C@H](CCCN=C(N)N)NC(=O)[C@H](CC(C)C)NC(=O)[C@H](Cc2ccc3ccccc3c2)NC(=O)[C@H](CCCN=C(N)N)NC1=O. The van der Waals surface area contributed by atoms with Gasteiger partial charge in [-0.2, -0.15) is 0 Å². The molecule has 1 aliphatic heterocycles. The molecule has 0 aliphatic carbocycles. The summed E-state index contributed by atoms with van der Waals surface area (Å²) in [7, 11) is 0. The standard InChI is InChI=1S/C58H83N15O8/c1-34(2)28-45-54(79)69-44(17-10-26-67-58(62)63)53(78)73-48(33-37-20-22-39-13-6-8-15-41(39)31-37)56(81)71-46(29-35(3)4)55(80)70-43(16-9-25-66-57(60)61)52(77)72-47(32-36-19-21-38-12-5-7-14-40(38)30-36)51(76)65-27-23-42(59)50(75)64-24-11-18-49(74)68-45/h5-8,12-15,19-22,30-31,34-35,42-48H,9-11,16-18,23-29,32-33,59H2,1-4H3,(H,64,75)(H,65,76)(H,68,74)(H,69,79)(H,70,80)(H,71,81)(H,72,77)(H,73,78)(H4,60,61,66)(H4,62,63,67)/t42?,43-,44-,45-,46-,47-,48-/m0/s1. The minimum atomic E-state index is -1.33. The van der Waals surface area contributed by atoms with Crippen LogP contribution in [0.1, 0.15) is 96.6 Å². The van der Waals surface area contributed by atoms with E-state index in [1.807, 2.05) is 113 Å². The average Bonchev–Trinajstić information content (AvgIpc) is 3.42. The molecule has 0 spiro atoms. The molecule has 0 saturated carbocycles. The van der Waals surface area contributed by atoms with Gasteiger partial charge in [0, 0.05) is 45.4 Å². The highest BCUT2D eigenvalue weighted by molar-refractivity contribution is 5.98. The van der Waals surface area contributed by atoms with Gasteiger partial charge in [0.05, 0.1) is 6.04 Å². The van der Waals surface area contributed by atoms with Gasteiger partial charge in [0.2, 0.25) is 47.3 Å². The molecule has 1 unspecified atom stereocenters. The van der Waals surface area contributed by atoms with E-state index in [1.54, 1.807) is 0 Å². The average molecular weight is 1120 g/mol. The van der Waals surface area contributed by atoms with Crippen molar-refractivity contribution in [2.75, 3.05) is 26.2 Å². The summed E-state index contributed by atoms with van der Waals surface area (Å²) in [4.78, 5) is 122. The second-order valence-electron chi connectivity index (χ2n) is 21.4. The molecule has 1 aliphatic rings. The van der Waals surface area contributed by atoms with E-state index >= 15 is 0 Å². The Labute approximate surface area is 473 Å². The fraction of sp³-hybridized carbons (Fsp3) is 0.483. The fourth-order valence-electron chi connectivity index (χ4n) is 9.40. The van der Waals surface area contributed by atoms with E-state index in [0.717, 1.165) is 27.1 Å². The van der Waals surface area contributed by atoms with Crippen LogP contribution in [0.4, 0.5) is 0 Å². The number of benzene rings is 4. The molecule has 1 fully saturated rings. The molecular weight excluding hydrogens is 1030 g/mol. The lowest BCUT2D eigenvalue weighted by Gasteiger charge is -2.28. The number of guanidine groups is 2. The summed E-state index contributed by atoms with van der Waals surface area (Å²) >= 11 is 0. The molecule has 18 N–H and O–H groups in total. The van der Waals surface area contributed by atoms with Crippen LogP contribution in [0.25, 0.3) is 21.5 Å². The Kier molecular flexibility index (Phi) is 25.1. The van der Waals surface area contributed by atoms with Crippen LogP contribution in [0.5, 0.6) is 0 Å². The lowest BCUT2D eigenvalue weighted by atomic mass is 9.98. The summed E-state index contributed by atoms with van der Waals surface area (Å²) in [6, 6.07) is 18.1. The maximum Gasteiger partial charge on any atom is 0.243 e. The fourth-order valence-corrected chi connectivity index (χ4v) is 9.40. The molecule has 5 rings (SSSR count). The highest BCUT2D eigenvalue weighted by atomic mass is 16.2. The van der Waals surface area contributed by atoms with Gasteiger partial charge in [-0.15, -0.1) is 0 Å². The van der Waals surface area contributed by atoms with Gasteiger partial charge < -0.3 is 71.2 Å². The third-order valence-corrected chi connectivity index (χ3v) is 13.6. The molecule has 1 heterocycles. The van der Waals surface area contributed by atoms with Gasteiger partial charge >= 0.3 is 0 Å². The Morgan fingerprint density at radius 2 is 0.877 bits per heavy atom. The number of nitrogens with zero attached hydrogens (tertiary/aromatic N) is 2. The number of nitrogens with one attached hydrogen (secondary N) is 8. The first-order valence-electron chi connectivity index (χ1n) is 27.8. The molecule has 0 radical (unpaired) electrons. The van der Waals surface area contributed by atoms with Gasteiger partial charge in [0.25, 0.3) is 0 Å². The van der Waals surface area contributed by atoms with Crippen molar-refractivity contribution >= 4 is 80.7 Å². The van der Waals surface area contributed by atoms with E-state index in [9.17, 15) is 38.4 Å². The van der Waals surface area contributed by atoms with Gasteiger partial charge in [0.1, 0.15) is 36.3 Å². The molecule has 438 valence electrons. The Bertz CT molecular complexity index is 2870. The van der Waals surface area contributed by atoms with Crippen molar-refractivity contribution in [1.29, 1.82) is 0 Å². The van der Waals surface area contributed by atoms with Gasteiger partial charge in [0.15, 0.2) is 11.9 Å². The summed E-state index contributed by atoms with van der Waals surface area (Å²) in [5, 5.41) is 26.3. The lowest BCUT2D eigenvalue weighted by molar-refractivity contribution is -0.135. The van der Waals surface area contributed by atoms with E-state index in [4.69, 9.17) is 28.7 Å². The summed E-state index contributed by atoms with van der Waals surface area (Å²) in [5.74, 6) is -5.77. The van der Waals surface area contributed by atoms with Crippen LogP contribution in [0, 0.1) is 11.8 Å². The highest BCUT2D eigenvalue weighted by Crippen LogP contribution is 2.20. The molecule has 23 heteroatoms.